The van der Waals surface area contributed by atoms with Crippen LogP contribution in [0.3, 0.4) is 0 Å². The molecule has 0 radical (unpaired) electrons. The predicted molar refractivity (Wildman–Crippen MR) is 142 cm³/mol. The van der Waals surface area contributed by atoms with Crippen LogP contribution in [-0.2, 0) is 0 Å². The molecule has 0 amide bonds. The van der Waals surface area contributed by atoms with Gasteiger partial charge in [-0.15, -0.1) is 0 Å². The van der Waals surface area contributed by atoms with Gasteiger partial charge in [-0.2, -0.15) is 0 Å². The third kappa shape index (κ3) is 12.6. The molecule has 3 rings (SSSR count). The molecule has 4 heteroatoms. The van der Waals surface area contributed by atoms with Gasteiger partial charge in [-0.1, -0.05) is 106 Å². The molecule has 0 atom stereocenters. The molecule has 0 unspecified atom stereocenters. The van der Waals surface area contributed by atoms with Crippen LogP contribution in [0, 0.1) is 23.3 Å². The normalized spacial score (nSPS) is 9.56. The van der Waals surface area contributed by atoms with Gasteiger partial charge in [0, 0.05) is 0 Å². The Hall–Kier alpha value is -2.62. The van der Waals surface area contributed by atoms with E-state index in [1.54, 1.807) is 13.8 Å². The van der Waals surface area contributed by atoms with Crippen molar-refractivity contribution in [2.24, 2.45) is 0 Å². The van der Waals surface area contributed by atoms with E-state index in [1.807, 2.05) is 18.2 Å². The Balaban J connectivity index is -0.000000410. The van der Waals surface area contributed by atoms with Gasteiger partial charge in [0.15, 0.2) is 17.5 Å². The van der Waals surface area contributed by atoms with Crippen molar-refractivity contribution in [3.63, 3.8) is 0 Å². The molecule has 0 fully saturated rings. The molecule has 0 N–H and O–H groups in total. The van der Waals surface area contributed by atoms with Crippen LogP contribution in [0.25, 0.3) is 0 Å². The minimum Gasteiger partial charge on any atom is -0.207 e. The Labute approximate surface area is 206 Å². The molecule has 0 heterocycles. The lowest BCUT2D eigenvalue weighted by Gasteiger charge is -2.05. The van der Waals surface area contributed by atoms with Gasteiger partial charge in [-0.05, 0) is 58.7 Å². The van der Waals surface area contributed by atoms with Crippen molar-refractivity contribution in [3.05, 3.63) is 107 Å². The second-order valence-corrected chi connectivity index (χ2v) is 8.22. The van der Waals surface area contributed by atoms with E-state index in [-0.39, 0.29) is 34.0 Å². The fourth-order valence-electron chi connectivity index (χ4n) is 2.59. The molecule has 0 aliphatic rings. The lowest BCUT2D eigenvalue weighted by atomic mass is 10.0. The molecular weight excluding hydrogens is 436 g/mol. The number of halogens is 4. The van der Waals surface area contributed by atoms with E-state index < -0.39 is 17.5 Å². The van der Waals surface area contributed by atoms with Crippen LogP contribution in [0.5, 0.6) is 0 Å². The predicted octanol–water partition coefficient (Wildman–Crippen LogP) is 10.9. The summed E-state index contributed by atoms with van der Waals surface area (Å²) >= 11 is 0. The number of hydrogen-bond donors (Lipinski definition) is 0. The molecule has 0 aliphatic carbocycles. The largest absolute Gasteiger partial charge is 0.207 e. The highest BCUT2D eigenvalue weighted by molar-refractivity contribution is 5.22. The second-order valence-electron chi connectivity index (χ2n) is 8.22. The Kier molecular flexibility index (Phi) is 18.8. The lowest BCUT2D eigenvalue weighted by Crippen LogP contribution is -1.95. The molecule has 0 aromatic heterocycles. The first kappa shape index (κ1) is 36.0. The van der Waals surface area contributed by atoms with Crippen molar-refractivity contribution in [1.82, 2.24) is 0 Å². The van der Waals surface area contributed by atoms with Crippen molar-refractivity contribution in [2.75, 3.05) is 0 Å². The van der Waals surface area contributed by atoms with Crippen LogP contribution in [0.2, 0.25) is 0 Å². The van der Waals surface area contributed by atoms with Crippen molar-refractivity contribution in [1.29, 1.82) is 0 Å². The van der Waals surface area contributed by atoms with Crippen LogP contribution >= 0.6 is 0 Å². The summed E-state index contributed by atoms with van der Waals surface area (Å²) in [6, 6.07) is 19.2. The highest BCUT2D eigenvalue weighted by Crippen LogP contribution is 2.19. The van der Waals surface area contributed by atoms with Gasteiger partial charge in [0.2, 0.25) is 0 Å². The van der Waals surface area contributed by atoms with Gasteiger partial charge in [0.25, 0.3) is 0 Å². The summed E-state index contributed by atoms with van der Waals surface area (Å²) < 4.78 is 49.9. The topological polar surface area (TPSA) is 0 Å². The first-order valence-electron chi connectivity index (χ1n) is 10.5. The summed E-state index contributed by atoms with van der Waals surface area (Å²) in [5.74, 6) is -2.68. The fraction of sp³-hybridized carbons (Fsp3) is 0.400. The van der Waals surface area contributed by atoms with Crippen LogP contribution < -0.4 is 0 Å². The number of benzene rings is 3. The average Bonchev–Trinajstić information content (AvgIpc) is 2.73. The van der Waals surface area contributed by atoms with Crippen molar-refractivity contribution < 1.29 is 17.6 Å². The van der Waals surface area contributed by atoms with Crippen molar-refractivity contribution in [3.8, 4) is 0 Å². The third-order valence-corrected chi connectivity index (χ3v) is 4.68. The first-order valence-corrected chi connectivity index (χ1v) is 10.5. The molecule has 0 aliphatic heterocycles. The Morgan fingerprint density at radius 2 is 0.824 bits per heavy atom. The molecule has 0 spiro atoms. The van der Waals surface area contributed by atoms with Crippen LogP contribution in [-0.4, -0.2) is 0 Å². The highest BCUT2D eigenvalue weighted by Gasteiger charge is 2.11. The van der Waals surface area contributed by atoms with Gasteiger partial charge in [0.05, 0.1) is 0 Å². The van der Waals surface area contributed by atoms with Gasteiger partial charge in [-0.3, -0.25) is 0 Å². The summed E-state index contributed by atoms with van der Waals surface area (Å²) in [6.07, 6.45) is 0. The van der Waals surface area contributed by atoms with E-state index >= 15 is 0 Å². The molecule has 3 aromatic carbocycles. The monoisotopic (exact) mass is 480 g/mol. The molecule has 3 aromatic rings. The lowest BCUT2D eigenvalue weighted by molar-refractivity contribution is 0.444. The minimum absolute atomic E-state index is 0. The Morgan fingerprint density at radius 1 is 0.471 bits per heavy atom. The van der Waals surface area contributed by atoms with Gasteiger partial charge in [-0.25, -0.2) is 17.6 Å². The first-order chi connectivity index (χ1) is 14.5. The molecular formula is C30H44F4. The summed E-state index contributed by atoms with van der Waals surface area (Å²) in [5.41, 5.74) is 3.06. The van der Waals surface area contributed by atoms with E-state index in [0.29, 0.717) is 17.4 Å². The van der Waals surface area contributed by atoms with E-state index in [4.69, 9.17) is 0 Å². The fourth-order valence-corrected chi connectivity index (χ4v) is 2.59. The Morgan fingerprint density at radius 3 is 1.15 bits per heavy atom. The summed E-state index contributed by atoms with van der Waals surface area (Å²) in [7, 11) is 0. The van der Waals surface area contributed by atoms with Gasteiger partial charge in [0.1, 0.15) is 5.82 Å². The van der Waals surface area contributed by atoms with Crippen molar-refractivity contribution in [2.45, 2.75) is 81.6 Å². The number of rotatable bonds is 3. The van der Waals surface area contributed by atoms with Crippen LogP contribution in [0.4, 0.5) is 17.6 Å². The zero-order valence-corrected chi connectivity index (χ0v) is 19.1. The maximum Gasteiger partial charge on any atom is 0.194 e. The summed E-state index contributed by atoms with van der Waals surface area (Å²) in [6.45, 7) is 12.2. The zero-order valence-electron chi connectivity index (χ0n) is 19.1. The standard InChI is InChI=1S/C9H9F3.C9H11F.C9H12.3CH4/c1-5(2)6-3-7(10)9(12)8(11)4-6;1-7(2)8-3-5-9(10)6-4-8;1-8(2)9-6-4-3-5-7-9;;;/h3-5H,1-2H3;3-7H,1-2H3;3-8H,1-2H3;3*1H4. The number of hydrogen-bond acceptors (Lipinski definition) is 0. The summed E-state index contributed by atoms with van der Waals surface area (Å²) in [4.78, 5) is 0. The highest BCUT2D eigenvalue weighted by atomic mass is 19.2. The third-order valence-electron chi connectivity index (χ3n) is 4.68. The smallest absolute Gasteiger partial charge is 0.194 e. The van der Waals surface area contributed by atoms with E-state index in [2.05, 4.69) is 52.0 Å². The quantitative estimate of drug-likeness (QED) is 0.258. The average molecular weight is 481 g/mol. The minimum atomic E-state index is -1.40. The molecule has 0 saturated carbocycles. The molecule has 0 nitrogen and oxygen atoms in total. The van der Waals surface area contributed by atoms with E-state index in [9.17, 15) is 17.6 Å². The SMILES string of the molecule is C.C.C.CC(C)c1cc(F)c(F)c(F)c1.CC(C)c1ccc(F)cc1.CC(C)c1ccccc1. The summed E-state index contributed by atoms with van der Waals surface area (Å²) in [5, 5.41) is 0. The zero-order chi connectivity index (χ0) is 23.6. The molecule has 0 saturated heterocycles. The maximum absolute atomic E-state index is 12.6. The van der Waals surface area contributed by atoms with Crippen LogP contribution in [0.15, 0.2) is 66.7 Å². The van der Waals surface area contributed by atoms with Crippen LogP contribution in [0.1, 0.15) is 98.3 Å². The molecule has 0 bridgehead atoms. The van der Waals surface area contributed by atoms with Gasteiger partial charge < -0.3 is 0 Å². The molecule has 34 heavy (non-hydrogen) atoms. The second kappa shape index (κ2) is 17.8. The van der Waals surface area contributed by atoms with E-state index in [1.165, 1.54) is 23.3 Å². The van der Waals surface area contributed by atoms with E-state index in [0.717, 1.165) is 12.1 Å². The van der Waals surface area contributed by atoms with Crippen molar-refractivity contribution >= 4 is 0 Å². The molecule has 192 valence electrons. The maximum atomic E-state index is 12.6. The van der Waals surface area contributed by atoms with Gasteiger partial charge >= 0.3 is 0 Å². The Bertz CT molecular complexity index is 876.